The summed E-state index contributed by atoms with van der Waals surface area (Å²) >= 11 is 0. The third-order valence-electron chi connectivity index (χ3n) is 9.37. The third-order valence-corrected chi connectivity index (χ3v) is 9.37. The highest BCUT2D eigenvalue weighted by Gasteiger charge is 2.56. The summed E-state index contributed by atoms with van der Waals surface area (Å²) in [6.07, 6.45) is 0. The van der Waals surface area contributed by atoms with Gasteiger partial charge in [0.25, 0.3) is 0 Å². The van der Waals surface area contributed by atoms with Gasteiger partial charge in [0.2, 0.25) is 0 Å². The van der Waals surface area contributed by atoms with Gasteiger partial charge in [-0.25, -0.2) is 0 Å². The molecule has 4 atom stereocenters. The maximum absolute atomic E-state index is 9.19. The smallest absolute Gasteiger partial charge is 0.0619 e. The molecule has 1 heterocycles. The molecular formula is C42H35N5. The minimum atomic E-state index is -0.148. The van der Waals surface area contributed by atoms with Gasteiger partial charge in [0, 0.05) is 58.0 Å². The third kappa shape index (κ3) is 5.41. The highest BCUT2D eigenvalue weighted by molar-refractivity contribution is 6.45. The fraction of sp³-hybridized carbons (Fsp3) is 0.0952. The van der Waals surface area contributed by atoms with Crippen molar-refractivity contribution in [3.8, 4) is 0 Å². The van der Waals surface area contributed by atoms with Crippen LogP contribution in [0.2, 0.25) is 0 Å². The fourth-order valence-corrected chi connectivity index (χ4v) is 7.08. The molecule has 1 saturated heterocycles. The molecule has 0 spiro atoms. The maximum atomic E-state index is 9.19. The van der Waals surface area contributed by atoms with Crippen LogP contribution in [0.5, 0.6) is 0 Å². The average Bonchev–Trinajstić information content (AvgIpc) is 3.92. The summed E-state index contributed by atoms with van der Waals surface area (Å²) in [5, 5.41) is 22.0. The molecule has 1 saturated carbocycles. The van der Waals surface area contributed by atoms with E-state index >= 15 is 0 Å². The van der Waals surface area contributed by atoms with Crippen LogP contribution < -0.4 is 15.1 Å². The lowest BCUT2D eigenvalue weighted by Crippen LogP contribution is -2.38. The van der Waals surface area contributed by atoms with Crippen molar-refractivity contribution >= 4 is 45.5 Å². The van der Waals surface area contributed by atoms with Crippen molar-refractivity contribution in [3.63, 3.8) is 0 Å². The van der Waals surface area contributed by atoms with E-state index in [1.54, 1.807) is 0 Å². The first-order chi connectivity index (χ1) is 23.2. The molecule has 6 aromatic rings. The Morgan fingerprint density at radius 2 is 0.596 bits per heavy atom. The van der Waals surface area contributed by atoms with Crippen molar-refractivity contribution < 1.29 is 0 Å². The molecule has 0 aromatic heterocycles. The molecular weight excluding hydrogens is 574 g/mol. The largest absolute Gasteiger partial charge is 0.311 e. The van der Waals surface area contributed by atoms with Gasteiger partial charge in [-0.1, -0.05) is 97.1 Å². The second kappa shape index (κ2) is 12.2. The topological polar surface area (TPSA) is 76.1 Å². The molecule has 0 amide bonds. The zero-order chi connectivity index (χ0) is 31.7. The van der Waals surface area contributed by atoms with E-state index in [1.807, 2.05) is 24.3 Å². The Bertz CT molecular complexity index is 1770. The van der Waals surface area contributed by atoms with Crippen LogP contribution in [-0.4, -0.2) is 23.5 Å². The van der Waals surface area contributed by atoms with Crippen LogP contribution in [0.3, 0.4) is 0 Å². The Labute approximate surface area is 275 Å². The molecule has 6 aromatic carbocycles. The van der Waals surface area contributed by atoms with Gasteiger partial charge in [-0.05, 0) is 83.9 Å². The molecule has 5 nitrogen and oxygen atoms in total. The van der Waals surface area contributed by atoms with Crippen molar-refractivity contribution in [1.82, 2.24) is 5.32 Å². The molecule has 1 aliphatic heterocycles. The molecule has 5 heteroatoms. The minimum absolute atomic E-state index is 0.136. The van der Waals surface area contributed by atoms with Gasteiger partial charge in [0.1, 0.15) is 0 Å². The Kier molecular flexibility index (Phi) is 7.44. The monoisotopic (exact) mass is 609 g/mol. The SMILES string of the molecule is N=C1C(=N)C(c2ccc(N(c3ccccc3)c3ccccc3)cc2)C2NC2C1c1ccc(N(c2ccccc2)c2ccccc2)cc1. The zero-order valence-corrected chi connectivity index (χ0v) is 25.9. The van der Waals surface area contributed by atoms with Gasteiger partial charge in [-0.15, -0.1) is 0 Å². The zero-order valence-electron chi connectivity index (χ0n) is 25.9. The molecule has 3 N–H and O–H groups in total. The van der Waals surface area contributed by atoms with Crippen molar-refractivity contribution in [2.45, 2.75) is 23.9 Å². The van der Waals surface area contributed by atoms with Gasteiger partial charge in [-0.2, -0.15) is 0 Å². The fourth-order valence-electron chi connectivity index (χ4n) is 7.08. The molecule has 8 rings (SSSR count). The molecule has 0 radical (unpaired) electrons. The number of hydrogen-bond donors (Lipinski definition) is 3. The van der Waals surface area contributed by atoms with Crippen molar-refractivity contribution in [3.05, 3.63) is 181 Å². The predicted molar refractivity (Wildman–Crippen MR) is 194 cm³/mol. The number of nitrogens with one attached hydrogen (secondary N) is 3. The normalized spacial score (nSPS) is 19.9. The second-order valence-corrected chi connectivity index (χ2v) is 12.2. The van der Waals surface area contributed by atoms with Crippen LogP contribution in [0.4, 0.5) is 34.1 Å². The van der Waals surface area contributed by atoms with E-state index < -0.39 is 0 Å². The van der Waals surface area contributed by atoms with Gasteiger partial charge in [0.15, 0.2) is 0 Å². The number of para-hydroxylation sites is 4. The average molecular weight is 610 g/mol. The Morgan fingerprint density at radius 3 is 0.872 bits per heavy atom. The number of nitrogens with zero attached hydrogens (tertiary/aromatic N) is 2. The number of fused-ring (bicyclic) bond motifs is 1. The van der Waals surface area contributed by atoms with E-state index in [0.29, 0.717) is 11.4 Å². The minimum Gasteiger partial charge on any atom is -0.311 e. The lowest BCUT2D eigenvalue weighted by Gasteiger charge is -2.30. The lowest BCUT2D eigenvalue weighted by molar-refractivity contribution is 0.747. The van der Waals surface area contributed by atoms with Crippen LogP contribution >= 0.6 is 0 Å². The number of hydrogen-bond acceptors (Lipinski definition) is 5. The standard InChI is InChI=1S/C42H35N5/c43-39-37(29-21-25-35(26-22-29)46(31-13-5-1-6-14-31)32-15-7-2-8-16-32)41-42(45-41)38(40(39)44)30-23-27-36(28-24-30)47(33-17-9-3-10-18-33)34-19-11-4-12-20-34/h1-28,37-38,41-45H. The molecule has 47 heavy (non-hydrogen) atoms. The van der Waals surface area contributed by atoms with Crippen LogP contribution in [0.25, 0.3) is 0 Å². The maximum Gasteiger partial charge on any atom is 0.0619 e. The molecule has 0 bridgehead atoms. The van der Waals surface area contributed by atoms with Gasteiger partial charge < -0.3 is 25.9 Å². The number of benzene rings is 6. The lowest BCUT2D eigenvalue weighted by atomic mass is 9.73. The molecule has 4 unspecified atom stereocenters. The predicted octanol–water partition coefficient (Wildman–Crippen LogP) is 9.89. The summed E-state index contributed by atoms with van der Waals surface area (Å²) in [6, 6.07) is 58.9. The van der Waals surface area contributed by atoms with Gasteiger partial charge in [-0.3, -0.25) is 0 Å². The Hall–Kier alpha value is -5.78. The van der Waals surface area contributed by atoms with Crippen molar-refractivity contribution in [2.24, 2.45) is 0 Å². The van der Waals surface area contributed by atoms with Crippen LogP contribution in [0, 0.1) is 10.8 Å². The summed E-state index contributed by atoms with van der Waals surface area (Å²) in [4.78, 5) is 4.49. The highest BCUT2D eigenvalue weighted by atomic mass is 15.2. The van der Waals surface area contributed by atoms with E-state index in [9.17, 15) is 10.8 Å². The first kappa shape index (κ1) is 28.7. The van der Waals surface area contributed by atoms with E-state index in [1.165, 1.54) is 0 Å². The van der Waals surface area contributed by atoms with E-state index in [0.717, 1.165) is 45.3 Å². The van der Waals surface area contributed by atoms with E-state index in [-0.39, 0.29) is 23.9 Å². The van der Waals surface area contributed by atoms with E-state index in [2.05, 4.69) is 161 Å². The number of rotatable bonds is 8. The second-order valence-electron chi connectivity index (χ2n) is 12.2. The summed E-state index contributed by atoms with van der Waals surface area (Å²) in [6.45, 7) is 0. The first-order valence-electron chi connectivity index (χ1n) is 16.1. The quantitative estimate of drug-likeness (QED) is 0.150. The molecule has 2 aliphatic rings. The summed E-state index contributed by atoms with van der Waals surface area (Å²) in [7, 11) is 0. The van der Waals surface area contributed by atoms with Crippen LogP contribution in [-0.2, 0) is 0 Å². The molecule has 228 valence electrons. The number of anilines is 6. The van der Waals surface area contributed by atoms with Crippen molar-refractivity contribution in [1.29, 1.82) is 10.8 Å². The van der Waals surface area contributed by atoms with Crippen molar-refractivity contribution in [2.75, 3.05) is 9.80 Å². The summed E-state index contributed by atoms with van der Waals surface area (Å²) < 4.78 is 0. The van der Waals surface area contributed by atoms with Gasteiger partial charge >= 0.3 is 0 Å². The van der Waals surface area contributed by atoms with Gasteiger partial charge in [0.05, 0.1) is 11.4 Å². The molecule has 1 aliphatic carbocycles. The Morgan fingerprint density at radius 1 is 0.340 bits per heavy atom. The van der Waals surface area contributed by atoms with E-state index in [4.69, 9.17) is 0 Å². The summed E-state index contributed by atoms with van der Waals surface area (Å²) in [5.74, 6) is -0.295. The first-order valence-corrected chi connectivity index (χ1v) is 16.1. The molecule has 2 fully saturated rings. The summed E-state index contributed by atoms with van der Waals surface area (Å²) in [5.41, 5.74) is 9.41. The van der Waals surface area contributed by atoms with Crippen LogP contribution in [0.1, 0.15) is 23.0 Å². The Balaban J connectivity index is 1.04. The highest BCUT2D eigenvalue weighted by Crippen LogP contribution is 2.46. The van der Waals surface area contributed by atoms with Crippen LogP contribution in [0.15, 0.2) is 170 Å².